The molecule has 0 aliphatic rings. The number of para-hydroxylation sites is 1. The van der Waals surface area contributed by atoms with E-state index >= 15 is 0 Å². The molecule has 0 N–H and O–H groups in total. The summed E-state index contributed by atoms with van der Waals surface area (Å²) in [5.41, 5.74) is 0.414. The molecule has 6 heteroatoms. The fourth-order valence-electron chi connectivity index (χ4n) is 2.28. The molecule has 108 valence electrons. The molecule has 2 nitrogen and oxygen atoms in total. The predicted molar refractivity (Wildman–Crippen MR) is 75.2 cm³/mol. The van der Waals surface area contributed by atoms with Crippen molar-refractivity contribution in [1.29, 1.82) is 0 Å². The Hall–Kier alpha value is -2.01. The van der Waals surface area contributed by atoms with Gasteiger partial charge in [-0.15, -0.1) is 11.6 Å². The molecule has 21 heavy (non-hydrogen) atoms. The first-order valence-electron chi connectivity index (χ1n) is 6.25. The second kappa shape index (κ2) is 5.07. The zero-order valence-electron chi connectivity index (χ0n) is 10.9. The van der Waals surface area contributed by atoms with Crippen molar-refractivity contribution in [1.82, 2.24) is 9.55 Å². The second-order valence-electron chi connectivity index (χ2n) is 4.62. The monoisotopic (exact) mass is 310 g/mol. The van der Waals surface area contributed by atoms with Crippen LogP contribution in [0.4, 0.5) is 13.2 Å². The molecule has 0 amide bonds. The normalized spacial score (nSPS) is 12.8. The number of benzene rings is 2. The number of alkyl halides is 1. The molecule has 0 aliphatic heterocycles. The molecule has 0 radical (unpaired) electrons. The molecule has 1 atom stereocenters. The van der Waals surface area contributed by atoms with E-state index in [4.69, 9.17) is 11.6 Å². The van der Waals surface area contributed by atoms with Gasteiger partial charge in [0.15, 0.2) is 0 Å². The Balaban J connectivity index is 2.42. The van der Waals surface area contributed by atoms with E-state index in [1.54, 1.807) is 6.92 Å². The third-order valence-electron chi connectivity index (χ3n) is 3.16. The third kappa shape index (κ3) is 2.27. The summed E-state index contributed by atoms with van der Waals surface area (Å²) in [7, 11) is 0. The van der Waals surface area contributed by atoms with Gasteiger partial charge in [0.25, 0.3) is 0 Å². The minimum atomic E-state index is -0.739. The zero-order valence-corrected chi connectivity index (χ0v) is 11.7. The molecule has 1 aromatic heterocycles. The summed E-state index contributed by atoms with van der Waals surface area (Å²) in [4.78, 5) is 4.19. The third-order valence-corrected chi connectivity index (χ3v) is 3.35. The zero-order chi connectivity index (χ0) is 15.1. The summed E-state index contributed by atoms with van der Waals surface area (Å²) in [6.07, 6.45) is 0. The van der Waals surface area contributed by atoms with Gasteiger partial charge < -0.3 is 0 Å². The lowest BCUT2D eigenvalue weighted by atomic mass is 10.2. The van der Waals surface area contributed by atoms with Gasteiger partial charge in [-0.1, -0.05) is 6.07 Å². The SMILES string of the molecule is CC(Cl)c1nc2cc(F)ccc2n1-c1c(F)cccc1F. The molecular formula is C15H10ClF3N2. The van der Waals surface area contributed by atoms with Gasteiger partial charge in [0, 0.05) is 6.07 Å². The number of hydrogen-bond donors (Lipinski definition) is 0. The van der Waals surface area contributed by atoms with Crippen molar-refractivity contribution in [3.8, 4) is 5.69 Å². The van der Waals surface area contributed by atoms with Crippen molar-refractivity contribution >= 4 is 22.6 Å². The van der Waals surface area contributed by atoms with Crippen LogP contribution in [0.25, 0.3) is 16.7 Å². The van der Waals surface area contributed by atoms with E-state index in [1.807, 2.05) is 0 Å². The number of aromatic nitrogens is 2. The molecule has 2 aromatic carbocycles. The van der Waals surface area contributed by atoms with Gasteiger partial charge in [-0.25, -0.2) is 18.2 Å². The Morgan fingerprint density at radius 2 is 1.76 bits per heavy atom. The molecule has 0 bridgehead atoms. The van der Waals surface area contributed by atoms with Crippen LogP contribution >= 0.6 is 11.6 Å². The molecular weight excluding hydrogens is 301 g/mol. The topological polar surface area (TPSA) is 17.8 Å². The Kier molecular flexibility index (Phi) is 3.37. The maximum Gasteiger partial charge on any atom is 0.150 e. The lowest BCUT2D eigenvalue weighted by Crippen LogP contribution is -2.06. The highest BCUT2D eigenvalue weighted by Gasteiger charge is 2.21. The molecule has 0 aliphatic carbocycles. The van der Waals surface area contributed by atoms with E-state index in [2.05, 4.69) is 4.98 Å². The molecule has 0 fully saturated rings. The number of imidazole rings is 1. The summed E-state index contributed by atoms with van der Waals surface area (Å²) in [6, 6.07) is 7.41. The number of halogens is 4. The molecule has 1 unspecified atom stereocenters. The highest BCUT2D eigenvalue weighted by Crippen LogP contribution is 2.30. The minimum absolute atomic E-state index is 0.251. The minimum Gasteiger partial charge on any atom is -0.290 e. The smallest absolute Gasteiger partial charge is 0.150 e. The van der Waals surface area contributed by atoms with Crippen LogP contribution < -0.4 is 0 Å². The maximum atomic E-state index is 14.1. The van der Waals surface area contributed by atoms with Gasteiger partial charge in [-0.3, -0.25) is 4.57 Å². The highest BCUT2D eigenvalue weighted by molar-refractivity contribution is 6.20. The Labute approximate surface area is 123 Å². The van der Waals surface area contributed by atoms with Crippen molar-refractivity contribution in [3.05, 3.63) is 59.7 Å². The van der Waals surface area contributed by atoms with Crippen LogP contribution in [-0.2, 0) is 0 Å². The summed E-state index contributed by atoms with van der Waals surface area (Å²) in [6.45, 7) is 1.63. The van der Waals surface area contributed by atoms with Crippen LogP contribution in [0.15, 0.2) is 36.4 Å². The van der Waals surface area contributed by atoms with Gasteiger partial charge in [0.05, 0.1) is 16.4 Å². The van der Waals surface area contributed by atoms with Crippen LogP contribution in [0, 0.1) is 17.5 Å². The van der Waals surface area contributed by atoms with Crippen LogP contribution in [-0.4, -0.2) is 9.55 Å². The van der Waals surface area contributed by atoms with Crippen LogP contribution in [0.1, 0.15) is 18.1 Å². The predicted octanol–water partition coefficient (Wildman–Crippen LogP) is 4.74. The largest absolute Gasteiger partial charge is 0.290 e. The van der Waals surface area contributed by atoms with Gasteiger partial charge in [-0.2, -0.15) is 0 Å². The molecule has 3 aromatic rings. The van der Waals surface area contributed by atoms with Crippen molar-refractivity contribution < 1.29 is 13.2 Å². The molecule has 0 saturated heterocycles. The average molecular weight is 311 g/mol. The summed E-state index contributed by atoms with van der Waals surface area (Å²) < 4.78 is 42.7. The van der Waals surface area contributed by atoms with E-state index in [-0.39, 0.29) is 11.5 Å². The molecule has 0 spiro atoms. The summed E-state index contributed by atoms with van der Waals surface area (Å²) in [5.74, 6) is -1.70. The number of rotatable bonds is 2. The highest BCUT2D eigenvalue weighted by atomic mass is 35.5. The van der Waals surface area contributed by atoms with Crippen molar-refractivity contribution in [2.24, 2.45) is 0 Å². The number of fused-ring (bicyclic) bond motifs is 1. The van der Waals surface area contributed by atoms with Gasteiger partial charge >= 0.3 is 0 Å². The quantitative estimate of drug-likeness (QED) is 0.625. The van der Waals surface area contributed by atoms with E-state index in [0.717, 1.165) is 12.1 Å². The first-order valence-corrected chi connectivity index (χ1v) is 6.69. The maximum absolute atomic E-state index is 14.1. The molecule has 3 rings (SSSR count). The Morgan fingerprint density at radius 3 is 2.38 bits per heavy atom. The summed E-state index contributed by atoms with van der Waals surface area (Å²) in [5, 5.41) is -0.598. The average Bonchev–Trinajstić information content (AvgIpc) is 2.77. The first kappa shape index (κ1) is 13.9. The summed E-state index contributed by atoms with van der Waals surface area (Å²) >= 11 is 6.05. The standard InChI is InChI=1S/C15H10ClF3N2/c1-8(16)15-20-12-7-9(17)5-6-13(12)21(15)14-10(18)3-2-4-11(14)19/h2-8H,1H3. The van der Waals surface area contributed by atoms with Crippen LogP contribution in [0.2, 0.25) is 0 Å². The van der Waals surface area contributed by atoms with Crippen molar-refractivity contribution in [2.75, 3.05) is 0 Å². The van der Waals surface area contributed by atoms with Gasteiger partial charge in [0.2, 0.25) is 0 Å². The van der Waals surface area contributed by atoms with Gasteiger partial charge in [-0.05, 0) is 31.2 Å². The van der Waals surface area contributed by atoms with E-state index in [0.29, 0.717) is 11.0 Å². The number of hydrogen-bond acceptors (Lipinski definition) is 1. The van der Waals surface area contributed by atoms with E-state index in [1.165, 1.54) is 28.8 Å². The van der Waals surface area contributed by atoms with E-state index < -0.39 is 22.8 Å². The lowest BCUT2D eigenvalue weighted by Gasteiger charge is -2.12. The second-order valence-corrected chi connectivity index (χ2v) is 5.28. The lowest BCUT2D eigenvalue weighted by molar-refractivity contribution is 0.567. The first-order chi connectivity index (χ1) is 9.99. The molecule has 0 saturated carbocycles. The van der Waals surface area contributed by atoms with E-state index in [9.17, 15) is 13.2 Å². The molecule has 1 heterocycles. The van der Waals surface area contributed by atoms with Crippen molar-refractivity contribution in [2.45, 2.75) is 12.3 Å². The van der Waals surface area contributed by atoms with Crippen LogP contribution in [0.3, 0.4) is 0 Å². The fraction of sp³-hybridized carbons (Fsp3) is 0.133. The van der Waals surface area contributed by atoms with Gasteiger partial charge in [0.1, 0.15) is 29.0 Å². The Morgan fingerprint density at radius 1 is 1.10 bits per heavy atom. The fourth-order valence-corrected chi connectivity index (χ4v) is 2.42. The Bertz CT molecular complexity index is 807. The number of nitrogens with zero attached hydrogens (tertiary/aromatic N) is 2. The van der Waals surface area contributed by atoms with Crippen molar-refractivity contribution in [3.63, 3.8) is 0 Å². The van der Waals surface area contributed by atoms with Crippen LogP contribution in [0.5, 0.6) is 0 Å².